The molecule has 26 heavy (non-hydrogen) atoms. The Morgan fingerprint density at radius 3 is 2.54 bits per heavy atom. The molecule has 4 aromatic rings. The maximum Gasteiger partial charge on any atom is 0.311 e. The summed E-state index contributed by atoms with van der Waals surface area (Å²) in [6.45, 7) is 0. The molecule has 2 heterocycles. The van der Waals surface area contributed by atoms with Gasteiger partial charge in [-0.1, -0.05) is 23.7 Å². The van der Waals surface area contributed by atoms with Crippen LogP contribution in [-0.4, -0.2) is 24.7 Å². The molecule has 0 saturated carbocycles. The molecule has 8 nitrogen and oxygen atoms in total. The van der Waals surface area contributed by atoms with Crippen molar-refractivity contribution >= 4 is 22.9 Å². The lowest BCUT2D eigenvalue weighted by Gasteiger charge is -2.06. The normalized spacial score (nSPS) is 10.8. The highest BCUT2D eigenvalue weighted by molar-refractivity contribution is 6.30. The van der Waals surface area contributed by atoms with Crippen molar-refractivity contribution in [2.75, 3.05) is 0 Å². The number of hydrogen-bond donors (Lipinski definition) is 0. The minimum absolute atomic E-state index is 0.102. The summed E-state index contributed by atoms with van der Waals surface area (Å²) in [6, 6.07) is 16.4. The summed E-state index contributed by atoms with van der Waals surface area (Å²) in [5, 5.41) is 24.3. The SMILES string of the molecule is O=[N+]([O-])c1ccccc1Oc1ccc2nnc(-c3ccc(Cl)cc3)n2n1. The van der Waals surface area contributed by atoms with E-state index < -0.39 is 4.92 Å². The number of rotatable bonds is 4. The van der Waals surface area contributed by atoms with Gasteiger partial charge in [0.1, 0.15) is 0 Å². The van der Waals surface area contributed by atoms with E-state index in [0.717, 1.165) is 5.56 Å². The van der Waals surface area contributed by atoms with Crippen LogP contribution >= 0.6 is 11.6 Å². The fraction of sp³-hybridized carbons (Fsp3) is 0. The first-order valence-electron chi connectivity index (χ1n) is 7.51. The zero-order valence-corrected chi connectivity index (χ0v) is 13.9. The number of aromatic nitrogens is 4. The first kappa shape index (κ1) is 16.0. The number of nitro benzene ring substituents is 1. The average Bonchev–Trinajstić information content (AvgIpc) is 3.06. The van der Waals surface area contributed by atoms with Crippen molar-refractivity contribution in [3.8, 4) is 23.0 Å². The van der Waals surface area contributed by atoms with Crippen LogP contribution in [0.25, 0.3) is 17.0 Å². The second kappa shape index (κ2) is 6.41. The highest BCUT2D eigenvalue weighted by Gasteiger charge is 2.16. The van der Waals surface area contributed by atoms with Crippen molar-refractivity contribution in [2.45, 2.75) is 0 Å². The van der Waals surface area contributed by atoms with Crippen LogP contribution in [-0.2, 0) is 0 Å². The number of ether oxygens (including phenoxy) is 1. The van der Waals surface area contributed by atoms with Gasteiger partial charge >= 0.3 is 5.69 Å². The van der Waals surface area contributed by atoms with Gasteiger partial charge in [0.05, 0.1) is 4.92 Å². The molecule has 0 amide bonds. The Hall–Kier alpha value is -3.52. The van der Waals surface area contributed by atoms with Gasteiger partial charge in [-0.15, -0.1) is 15.3 Å². The molecule has 9 heteroatoms. The van der Waals surface area contributed by atoms with Gasteiger partial charge in [-0.2, -0.15) is 4.52 Å². The Morgan fingerprint density at radius 2 is 1.77 bits per heavy atom. The average molecular weight is 368 g/mol. The summed E-state index contributed by atoms with van der Waals surface area (Å²) >= 11 is 5.91. The lowest BCUT2D eigenvalue weighted by atomic mass is 10.2. The smallest absolute Gasteiger partial charge is 0.311 e. The second-order valence-corrected chi connectivity index (χ2v) is 5.74. The highest BCUT2D eigenvalue weighted by atomic mass is 35.5. The summed E-state index contributed by atoms with van der Waals surface area (Å²) in [5.74, 6) is 0.789. The second-order valence-electron chi connectivity index (χ2n) is 5.30. The van der Waals surface area contributed by atoms with Gasteiger partial charge in [-0.3, -0.25) is 10.1 Å². The molecule has 0 aliphatic heterocycles. The van der Waals surface area contributed by atoms with Crippen molar-refractivity contribution in [3.05, 3.63) is 75.8 Å². The predicted molar refractivity (Wildman–Crippen MR) is 94.4 cm³/mol. The van der Waals surface area contributed by atoms with Crippen LogP contribution in [0, 0.1) is 10.1 Å². The Morgan fingerprint density at radius 1 is 1.00 bits per heavy atom. The molecule has 2 aromatic carbocycles. The zero-order chi connectivity index (χ0) is 18.1. The van der Waals surface area contributed by atoms with Crippen molar-refractivity contribution < 1.29 is 9.66 Å². The van der Waals surface area contributed by atoms with Gasteiger partial charge < -0.3 is 4.74 Å². The van der Waals surface area contributed by atoms with E-state index in [4.69, 9.17) is 16.3 Å². The first-order chi connectivity index (χ1) is 12.6. The molecule has 0 aliphatic rings. The number of nitrogens with zero attached hydrogens (tertiary/aromatic N) is 5. The number of fused-ring (bicyclic) bond motifs is 1. The van der Waals surface area contributed by atoms with E-state index in [-0.39, 0.29) is 17.3 Å². The Bertz CT molecular complexity index is 1110. The molecule has 0 N–H and O–H groups in total. The maximum absolute atomic E-state index is 11.1. The first-order valence-corrected chi connectivity index (χ1v) is 7.89. The Labute approximate surface area is 151 Å². The molecule has 0 spiro atoms. The maximum atomic E-state index is 11.1. The number of benzene rings is 2. The van der Waals surface area contributed by atoms with Crippen LogP contribution in [0.15, 0.2) is 60.7 Å². The summed E-state index contributed by atoms with van der Waals surface area (Å²) in [6.07, 6.45) is 0. The van der Waals surface area contributed by atoms with Crippen molar-refractivity contribution in [2.24, 2.45) is 0 Å². The van der Waals surface area contributed by atoms with E-state index in [9.17, 15) is 10.1 Å². The van der Waals surface area contributed by atoms with Gasteiger partial charge in [-0.05, 0) is 36.4 Å². The molecule has 2 aromatic heterocycles. The van der Waals surface area contributed by atoms with E-state index in [1.165, 1.54) is 16.6 Å². The molecule has 0 saturated heterocycles. The van der Waals surface area contributed by atoms with Gasteiger partial charge in [-0.25, -0.2) is 0 Å². The Balaban J connectivity index is 1.75. The number of nitro groups is 1. The van der Waals surface area contributed by atoms with E-state index in [2.05, 4.69) is 15.3 Å². The number of para-hydroxylation sites is 2. The third-order valence-corrected chi connectivity index (χ3v) is 3.87. The topological polar surface area (TPSA) is 95.5 Å². The highest BCUT2D eigenvalue weighted by Crippen LogP contribution is 2.30. The lowest BCUT2D eigenvalue weighted by molar-refractivity contribution is -0.385. The molecule has 0 fully saturated rings. The van der Waals surface area contributed by atoms with E-state index >= 15 is 0 Å². The molecule has 0 bridgehead atoms. The van der Waals surface area contributed by atoms with Crippen molar-refractivity contribution in [1.82, 2.24) is 19.8 Å². The minimum atomic E-state index is -0.508. The fourth-order valence-electron chi connectivity index (χ4n) is 2.41. The molecule has 4 rings (SSSR count). The lowest BCUT2D eigenvalue weighted by Crippen LogP contribution is -1.99. The minimum Gasteiger partial charge on any atom is -0.430 e. The van der Waals surface area contributed by atoms with Crippen LogP contribution in [0.1, 0.15) is 0 Å². The molecule has 0 radical (unpaired) electrons. The summed E-state index contributed by atoms with van der Waals surface area (Å²) in [4.78, 5) is 10.6. The van der Waals surface area contributed by atoms with E-state index in [1.807, 2.05) is 0 Å². The quantitative estimate of drug-likeness (QED) is 0.397. The standard InChI is InChI=1S/C17H10ClN5O3/c18-12-7-5-11(6-8-12)17-20-19-15-9-10-16(21-22(15)17)26-14-4-2-1-3-13(14)23(24)25/h1-10H. The molecule has 128 valence electrons. The summed E-state index contributed by atoms with van der Waals surface area (Å²) in [7, 11) is 0. The van der Waals surface area contributed by atoms with Gasteiger partial charge in [0.2, 0.25) is 11.6 Å². The largest absolute Gasteiger partial charge is 0.430 e. The van der Waals surface area contributed by atoms with E-state index in [0.29, 0.717) is 16.5 Å². The van der Waals surface area contributed by atoms with Gasteiger partial charge in [0.25, 0.3) is 0 Å². The van der Waals surface area contributed by atoms with Crippen molar-refractivity contribution in [3.63, 3.8) is 0 Å². The zero-order valence-electron chi connectivity index (χ0n) is 13.1. The molecule has 0 unspecified atom stereocenters. The predicted octanol–water partition coefficient (Wildman–Crippen LogP) is 4.15. The third kappa shape index (κ3) is 2.93. The number of hydrogen-bond acceptors (Lipinski definition) is 6. The van der Waals surface area contributed by atoms with Gasteiger partial charge in [0, 0.05) is 22.7 Å². The van der Waals surface area contributed by atoms with Crippen LogP contribution in [0.2, 0.25) is 5.02 Å². The molecule has 0 atom stereocenters. The van der Waals surface area contributed by atoms with Crippen LogP contribution < -0.4 is 4.74 Å². The third-order valence-electron chi connectivity index (χ3n) is 3.62. The summed E-state index contributed by atoms with van der Waals surface area (Å²) < 4.78 is 7.12. The van der Waals surface area contributed by atoms with Crippen molar-refractivity contribution in [1.29, 1.82) is 0 Å². The molecular weight excluding hydrogens is 358 g/mol. The van der Waals surface area contributed by atoms with Gasteiger partial charge in [0.15, 0.2) is 11.5 Å². The molecule has 0 aliphatic carbocycles. The monoisotopic (exact) mass is 367 g/mol. The Kier molecular flexibility index (Phi) is 3.94. The number of halogens is 1. The van der Waals surface area contributed by atoms with Crippen LogP contribution in [0.5, 0.6) is 11.6 Å². The molecular formula is C17H10ClN5O3. The summed E-state index contributed by atoms with van der Waals surface area (Å²) in [5.41, 5.74) is 1.15. The fourth-order valence-corrected chi connectivity index (χ4v) is 2.54. The van der Waals surface area contributed by atoms with Crippen LogP contribution in [0.3, 0.4) is 0 Å². The van der Waals surface area contributed by atoms with Crippen LogP contribution in [0.4, 0.5) is 5.69 Å². The van der Waals surface area contributed by atoms with E-state index in [1.54, 1.807) is 48.5 Å².